The van der Waals surface area contributed by atoms with Crippen molar-refractivity contribution in [1.29, 1.82) is 0 Å². The van der Waals surface area contributed by atoms with Crippen LogP contribution in [-0.2, 0) is 0 Å². The fourth-order valence-electron chi connectivity index (χ4n) is 4.21. The van der Waals surface area contributed by atoms with Crippen LogP contribution in [0.1, 0.15) is 142 Å². The van der Waals surface area contributed by atoms with Gasteiger partial charge in [-0.1, -0.05) is 13.8 Å². The van der Waals surface area contributed by atoms with Crippen molar-refractivity contribution in [3.05, 3.63) is 30.3 Å². The van der Waals surface area contributed by atoms with Crippen LogP contribution in [0.15, 0.2) is 30.3 Å². The molecule has 0 bridgehead atoms. The van der Waals surface area contributed by atoms with Gasteiger partial charge in [0.15, 0.2) is 0 Å². The first-order valence-corrected chi connectivity index (χ1v) is 26.6. The third-order valence-corrected chi connectivity index (χ3v) is 29.6. The van der Waals surface area contributed by atoms with Gasteiger partial charge in [-0.2, -0.15) is 0 Å². The molecule has 0 aliphatic carbocycles. The van der Waals surface area contributed by atoms with E-state index < -0.39 is 18.8 Å². The quantitative estimate of drug-likeness (QED) is 0.0741. The molecule has 0 atom stereocenters. The standard InChI is InChI=1S/2C12H26S.C6H5.Bi/c2*1-2-3-4-5-6-7-8-9-10-11-12-13;1-2-4-6-5-3-1;/h2*13H,2-12H2,1H3;1-5H;/q;;;+2/p-2. The van der Waals surface area contributed by atoms with Crippen molar-refractivity contribution >= 4 is 39.1 Å². The minimum atomic E-state index is -1.64. The summed E-state index contributed by atoms with van der Waals surface area (Å²) in [5.74, 6) is 2.82. The van der Waals surface area contributed by atoms with E-state index in [1.807, 2.05) is 0 Å². The molecule has 0 spiro atoms. The molecule has 0 aliphatic rings. The summed E-state index contributed by atoms with van der Waals surface area (Å²) in [5.41, 5.74) is 0. The summed E-state index contributed by atoms with van der Waals surface area (Å²) in [6.07, 6.45) is 29.0. The zero-order chi connectivity index (χ0) is 23.7. The van der Waals surface area contributed by atoms with E-state index in [1.165, 1.54) is 140 Å². The van der Waals surface area contributed by atoms with Gasteiger partial charge in [0.25, 0.3) is 0 Å². The van der Waals surface area contributed by atoms with Crippen LogP contribution in [0.2, 0.25) is 0 Å². The predicted octanol–water partition coefficient (Wildman–Crippen LogP) is 10.7. The van der Waals surface area contributed by atoms with E-state index in [0.29, 0.717) is 0 Å². The van der Waals surface area contributed by atoms with Gasteiger partial charge in [0.2, 0.25) is 0 Å². The molecule has 1 aromatic carbocycles. The average Bonchev–Trinajstić information content (AvgIpc) is 2.85. The van der Waals surface area contributed by atoms with Crippen molar-refractivity contribution in [3.8, 4) is 0 Å². The van der Waals surface area contributed by atoms with Gasteiger partial charge in [-0.3, -0.25) is 0 Å². The summed E-state index contributed by atoms with van der Waals surface area (Å²) in [5, 5.41) is 0. The van der Waals surface area contributed by atoms with Gasteiger partial charge in [-0.15, -0.1) is 0 Å². The van der Waals surface area contributed by atoms with Crippen molar-refractivity contribution in [1.82, 2.24) is 0 Å². The normalized spacial score (nSPS) is 11.5. The van der Waals surface area contributed by atoms with Crippen LogP contribution in [0, 0.1) is 0 Å². The molecule has 192 valence electrons. The summed E-state index contributed by atoms with van der Waals surface area (Å²) in [6, 6.07) is 11.6. The van der Waals surface area contributed by atoms with E-state index in [-0.39, 0.29) is 0 Å². The second-order valence-electron chi connectivity index (χ2n) is 9.62. The number of hydrogen-bond donors (Lipinski definition) is 0. The molecule has 0 fully saturated rings. The Morgan fingerprint density at radius 1 is 0.455 bits per heavy atom. The molecule has 0 amide bonds. The van der Waals surface area contributed by atoms with Crippen LogP contribution < -0.4 is 3.27 Å². The van der Waals surface area contributed by atoms with E-state index in [1.54, 1.807) is 3.27 Å². The van der Waals surface area contributed by atoms with E-state index in [0.717, 1.165) is 0 Å². The van der Waals surface area contributed by atoms with Crippen LogP contribution >= 0.6 is 17.0 Å². The Kier molecular flexibility index (Phi) is 25.0. The van der Waals surface area contributed by atoms with Gasteiger partial charge in [0, 0.05) is 0 Å². The summed E-state index contributed by atoms with van der Waals surface area (Å²) in [4.78, 5) is 0. The molecule has 0 radical (unpaired) electrons. The molecule has 33 heavy (non-hydrogen) atoms. The van der Waals surface area contributed by atoms with Crippen LogP contribution in [0.3, 0.4) is 0 Å². The summed E-state index contributed by atoms with van der Waals surface area (Å²) in [7, 11) is 4.80. The van der Waals surface area contributed by atoms with E-state index in [4.69, 9.17) is 0 Å². The number of hydrogen-bond acceptors (Lipinski definition) is 2. The number of benzene rings is 1. The van der Waals surface area contributed by atoms with Gasteiger partial charge >= 0.3 is 209 Å². The predicted molar refractivity (Wildman–Crippen MR) is 160 cm³/mol. The van der Waals surface area contributed by atoms with Crippen LogP contribution in [-0.4, -0.2) is 30.3 Å². The molecule has 0 N–H and O–H groups in total. The fourth-order valence-corrected chi connectivity index (χ4v) is 26.4. The Bertz CT molecular complexity index is 467. The number of unbranched alkanes of at least 4 members (excludes halogenated alkanes) is 18. The Morgan fingerprint density at radius 2 is 0.788 bits per heavy atom. The third-order valence-electron chi connectivity index (χ3n) is 6.38. The van der Waals surface area contributed by atoms with Crippen LogP contribution in [0.5, 0.6) is 0 Å². The summed E-state index contributed by atoms with van der Waals surface area (Å²) >= 11 is -1.64. The Hall–Kier alpha value is 0.803. The van der Waals surface area contributed by atoms with Crippen molar-refractivity contribution in [2.45, 2.75) is 142 Å². The van der Waals surface area contributed by atoms with Gasteiger partial charge in [0.1, 0.15) is 0 Å². The maximum atomic E-state index is 2.43. The van der Waals surface area contributed by atoms with E-state index in [9.17, 15) is 0 Å². The van der Waals surface area contributed by atoms with Crippen molar-refractivity contribution < 1.29 is 0 Å². The molecule has 0 aliphatic heterocycles. The zero-order valence-corrected chi connectivity index (χ0v) is 27.3. The molecular weight excluding hydrogens is 633 g/mol. The third kappa shape index (κ3) is 20.7. The average molecular weight is 689 g/mol. The molecule has 0 saturated carbocycles. The van der Waals surface area contributed by atoms with Crippen LogP contribution in [0.25, 0.3) is 0 Å². The summed E-state index contributed by atoms with van der Waals surface area (Å²) < 4.78 is 1.72. The molecule has 1 aromatic rings. The van der Waals surface area contributed by atoms with Crippen molar-refractivity contribution in [3.63, 3.8) is 0 Å². The van der Waals surface area contributed by atoms with Gasteiger partial charge in [0.05, 0.1) is 0 Å². The van der Waals surface area contributed by atoms with Gasteiger partial charge in [-0.05, 0) is 0 Å². The second kappa shape index (κ2) is 25.9. The first kappa shape index (κ1) is 31.8. The van der Waals surface area contributed by atoms with Crippen molar-refractivity contribution in [2.24, 2.45) is 0 Å². The molecule has 0 saturated heterocycles. The topological polar surface area (TPSA) is 0 Å². The Balaban J connectivity index is 2.07. The van der Waals surface area contributed by atoms with Crippen molar-refractivity contribution in [2.75, 3.05) is 11.5 Å². The number of rotatable bonds is 25. The molecule has 3 heteroatoms. The minimum absolute atomic E-state index is 1.37. The molecule has 1 rings (SSSR count). The second-order valence-corrected chi connectivity index (χ2v) is 29.4. The Labute approximate surface area is 221 Å². The van der Waals surface area contributed by atoms with Crippen LogP contribution in [0.4, 0.5) is 0 Å². The summed E-state index contributed by atoms with van der Waals surface area (Å²) in [6.45, 7) is 4.61. The SMILES string of the molecule is CCCCCCCCCCCC[S][Bi]([S]CCCCCCCCCCCC)[c]1ccccc1. The Morgan fingerprint density at radius 3 is 1.15 bits per heavy atom. The molecule has 0 heterocycles. The monoisotopic (exact) mass is 688 g/mol. The van der Waals surface area contributed by atoms with Gasteiger partial charge in [-0.25, -0.2) is 0 Å². The molecular formula is C30H55BiS2. The molecule has 0 nitrogen and oxygen atoms in total. The fraction of sp³-hybridized carbons (Fsp3) is 0.800. The maximum absolute atomic E-state index is 2.43. The van der Waals surface area contributed by atoms with E-state index >= 15 is 0 Å². The molecule has 0 unspecified atom stereocenters. The first-order valence-electron chi connectivity index (χ1n) is 14.5. The van der Waals surface area contributed by atoms with E-state index in [2.05, 4.69) is 61.2 Å². The zero-order valence-electron chi connectivity index (χ0n) is 22.2. The van der Waals surface area contributed by atoms with Gasteiger partial charge < -0.3 is 0 Å². The molecule has 0 aromatic heterocycles. The first-order chi connectivity index (χ1) is 16.4.